The highest BCUT2D eigenvalue weighted by molar-refractivity contribution is 6.31. The highest BCUT2D eigenvalue weighted by Crippen LogP contribution is 2.34. The van der Waals surface area contributed by atoms with Crippen LogP contribution in [0.1, 0.15) is 34.3 Å². The number of hydrogen-bond acceptors (Lipinski definition) is 4. The van der Waals surface area contributed by atoms with Crippen molar-refractivity contribution in [2.45, 2.75) is 12.5 Å². The molecule has 1 amide bonds. The first kappa shape index (κ1) is 14.8. The first-order valence-electron chi connectivity index (χ1n) is 7.46. The topological polar surface area (TPSA) is 59.0 Å². The summed E-state index contributed by atoms with van der Waals surface area (Å²) in [6.07, 6.45) is 3.69. The van der Waals surface area contributed by atoms with E-state index in [0.717, 1.165) is 0 Å². The fourth-order valence-corrected chi connectivity index (χ4v) is 2.94. The molecule has 0 N–H and O–H groups in total. The summed E-state index contributed by atoms with van der Waals surface area (Å²) in [5, 5.41) is 6.41. The smallest absolute Gasteiger partial charge is 0.274 e. The maximum Gasteiger partial charge on any atom is 0.274 e. The third-order valence-corrected chi connectivity index (χ3v) is 4.10. The standard InChI is InChI=1S/C18H13ClN2O3/c19-13-5-1-4-12(10-13)18(22)21-15(17-7-3-9-24-17)11-14(20-21)16-6-2-8-23-16/h1-10,15H,11H2/t15-/m1/s1. The molecule has 1 aliphatic heterocycles. The van der Waals surface area contributed by atoms with Crippen molar-refractivity contribution in [1.82, 2.24) is 5.01 Å². The quantitative estimate of drug-likeness (QED) is 0.704. The largest absolute Gasteiger partial charge is 0.467 e. The van der Waals surface area contributed by atoms with Crippen LogP contribution < -0.4 is 0 Å². The highest BCUT2D eigenvalue weighted by atomic mass is 35.5. The van der Waals surface area contributed by atoms with Crippen LogP contribution in [0.3, 0.4) is 0 Å². The molecule has 0 saturated heterocycles. The molecule has 4 rings (SSSR count). The summed E-state index contributed by atoms with van der Waals surface area (Å²) in [6, 6.07) is 13.7. The molecular weight excluding hydrogens is 328 g/mol. The Kier molecular flexibility index (Phi) is 3.70. The van der Waals surface area contributed by atoms with Gasteiger partial charge in [-0.2, -0.15) is 5.10 Å². The van der Waals surface area contributed by atoms with Crippen LogP contribution in [0.2, 0.25) is 5.02 Å². The maximum atomic E-state index is 12.9. The van der Waals surface area contributed by atoms with Crippen molar-refractivity contribution in [2.24, 2.45) is 5.10 Å². The number of hydrogen-bond donors (Lipinski definition) is 0. The van der Waals surface area contributed by atoms with Gasteiger partial charge < -0.3 is 8.83 Å². The molecule has 24 heavy (non-hydrogen) atoms. The van der Waals surface area contributed by atoms with E-state index >= 15 is 0 Å². The van der Waals surface area contributed by atoms with Crippen molar-refractivity contribution in [2.75, 3.05) is 0 Å². The Morgan fingerprint density at radius 2 is 1.96 bits per heavy atom. The van der Waals surface area contributed by atoms with E-state index in [0.29, 0.717) is 34.2 Å². The molecule has 0 saturated carbocycles. The van der Waals surface area contributed by atoms with Gasteiger partial charge in [0.1, 0.15) is 23.3 Å². The highest BCUT2D eigenvalue weighted by Gasteiger charge is 2.36. The Bertz CT molecular complexity index is 885. The van der Waals surface area contributed by atoms with Gasteiger partial charge in [0.2, 0.25) is 0 Å². The second kappa shape index (κ2) is 6.02. The second-order valence-corrected chi connectivity index (χ2v) is 5.86. The zero-order valence-corrected chi connectivity index (χ0v) is 13.3. The SMILES string of the molecule is O=C(c1cccc(Cl)c1)N1N=C(c2ccco2)C[C@@H]1c1ccco1. The number of rotatable bonds is 3. The molecular formula is C18H13ClN2O3. The lowest BCUT2D eigenvalue weighted by Crippen LogP contribution is -2.26. The molecule has 1 aromatic carbocycles. The molecule has 0 fully saturated rings. The minimum atomic E-state index is -0.313. The third kappa shape index (κ3) is 2.63. The van der Waals surface area contributed by atoms with Crippen LogP contribution in [0.15, 0.2) is 75.0 Å². The van der Waals surface area contributed by atoms with Gasteiger partial charge >= 0.3 is 0 Å². The monoisotopic (exact) mass is 340 g/mol. The van der Waals surface area contributed by atoms with E-state index in [-0.39, 0.29) is 11.9 Å². The van der Waals surface area contributed by atoms with Gasteiger partial charge in [-0.3, -0.25) is 4.79 Å². The molecule has 3 heterocycles. The lowest BCUT2D eigenvalue weighted by Gasteiger charge is -2.19. The molecule has 3 aromatic rings. The Hall–Kier alpha value is -2.79. The van der Waals surface area contributed by atoms with Crippen LogP contribution in [-0.2, 0) is 0 Å². The number of benzene rings is 1. The molecule has 5 nitrogen and oxygen atoms in total. The first-order valence-corrected chi connectivity index (χ1v) is 7.84. The number of halogens is 1. The number of nitrogens with zero attached hydrogens (tertiary/aromatic N) is 2. The summed E-state index contributed by atoms with van der Waals surface area (Å²) in [7, 11) is 0. The van der Waals surface area contributed by atoms with E-state index < -0.39 is 0 Å². The minimum Gasteiger partial charge on any atom is -0.467 e. The van der Waals surface area contributed by atoms with Gasteiger partial charge in [-0.15, -0.1) is 0 Å². The zero-order valence-electron chi connectivity index (χ0n) is 12.6. The molecule has 0 spiro atoms. The first-order chi connectivity index (χ1) is 11.7. The van der Waals surface area contributed by atoms with Gasteiger partial charge in [0.25, 0.3) is 5.91 Å². The Morgan fingerprint density at radius 1 is 1.12 bits per heavy atom. The summed E-state index contributed by atoms with van der Waals surface area (Å²) in [4.78, 5) is 12.9. The number of carbonyl (C=O) groups excluding carboxylic acids is 1. The van der Waals surface area contributed by atoms with Crippen LogP contribution in [0.4, 0.5) is 0 Å². The van der Waals surface area contributed by atoms with Crippen LogP contribution in [0.25, 0.3) is 0 Å². The third-order valence-electron chi connectivity index (χ3n) is 3.87. The van der Waals surface area contributed by atoms with Crippen molar-refractivity contribution in [3.8, 4) is 0 Å². The van der Waals surface area contributed by atoms with Crippen LogP contribution >= 0.6 is 11.6 Å². The summed E-state index contributed by atoms with van der Waals surface area (Å²) in [6.45, 7) is 0. The van der Waals surface area contributed by atoms with Crippen LogP contribution in [0.5, 0.6) is 0 Å². The predicted octanol–water partition coefficient (Wildman–Crippen LogP) is 4.52. The molecule has 0 bridgehead atoms. The van der Waals surface area contributed by atoms with E-state index in [9.17, 15) is 4.79 Å². The van der Waals surface area contributed by atoms with Crippen molar-refractivity contribution in [3.05, 3.63) is 83.2 Å². The molecule has 1 atom stereocenters. The van der Waals surface area contributed by atoms with Crippen molar-refractivity contribution < 1.29 is 13.6 Å². The van der Waals surface area contributed by atoms with Crippen molar-refractivity contribution >= 4 is 23.2 Å². The number of carbonyl (C=O) groups is 1. The Morgan fingerprint density at radius 3 is 2.67 bits per heavy atom. The van der Waals surface area contributed by atoms with E-state index in [4.69, 9.17) is 20.4 Å². The fraction of sp³-hybridized carbons (Fsp3) is 0.111. The van der Waals surface area contributed by atoms with Gasteiger partial charge in [0.05, 0.1) is 12.5 Å². The zero-order chi connectivity index (χ0) is 16.5. The molecule has 0 radical (unpaired) electrons. The normalized spacial score (nSPS) is 17.1. The summed E-state index contributed by atoms with van der Waals surface area (Å²) in [5.41, 5.74) is 1.18. The molecule has 1 aliphatic rings. The van der Waals surface area contributed by atoms with Gasteiger partial charge in [-0.1, -0.05) is 17.7 Å². The van der Waals surface area contributed by atoms with Crippen molar-refractivity contribution in [3.63, 3.8) is 0 Å². The average Bonchev–Trinajstić information content (AvgIpc) is 3.32. The summed E-state index contributed by atoms with van der Waals surface area (Å²) in [5.74, 6) is 1.09. The van der Waals surface area contributed by atoms with Crippen LogP contribution in [-0.4, -0.2) is 16.6 Å². The van der Waals surface area contributed by atoms with Gasteiger partial charge in [0, 0.05) is 17.0 Å². The average molecular weight is 341 g/mol. The minimum absolute atomic E-state index is 0.236. The van der Waals surface area contributed by atoms with Gasteiger partial charge in [-0.25, -0.2) is 5.01 Å². The Labute approximate surface area is 143 Å². The number of amides is 1. The Balaban J connectivity index is 1.72. The van der Waals surface area contributed by atoms with Crippen LogP contribution in [0, 0.1) is 0 Å². The second-order valence-electron chi connectivity index (χ2n) is 5.42. The molecule has 0 unspecified atom stereocenters. The molecule has 6 heteroatoms. The molecule has 120 valence electrons. The van der Waals surface area contributed by atoms with Gasteiger partial charge in [-0.05, 0) is 42.5 Å². The number of hydrazone groups is 1. The van der Waals surface area contributed by atoms with Gasteiger partial charge in [0.15, 0.2) is 0 Å². The molecule has 2 aromatic heterocycles. The maximum absolute atomic E-state index is 12.9. The predicted molar refractivity (Wildman–Crippen MR) is 88.9 cm³/mol. The van der Waals surface area contributed by atoms with E-state index in [1.807, 2.05) is 12.1 Å². The lowest BCUT2D eigenvalue weighted by molar-refractivity contribution is 0.0693. The van der Waals surface area contributed by atoms with Crippen molar-refractivity contribution in [1.29, 1.82) is 0 Å². The van der Waals surface area contributed by atoms with E-state index in [1.165, 1.54) is 5.01 Å². The molecule has 0 aliphatic carbocycles. The summed E-state index contributed by atoms with van der Waals surface area (Å²) < 4.78 is 10.9. The summed E-state index contributed by atoms with van der Waals surface area (Å²) >= 11 is 6.00. The van der Waals surface area contributed by atoms with E-state index in [1.54, 1.807) is 48.9 Å². The fourth-order valence-electron chi connectivity index (χ4n) is 2.75. The lowest BCUT2D eigenvalue weighted by atomic mass is 10.1. The van der Waals surface area contributed by atoms with E-state index in [2.05, 4.69) is 5.10 Å². The number of furan rings is 2.